The van der Waals surface area contributed by atoms with Gasteiger partial charge in [0.1, 0.15) is 0 Å². The Morgan fingerprint density at radius 3 is 2.81 bits per heavy atom. The van der Waals surface area contributed by atoms with Crippen molar-refractivity contribution < 1.29 is 5.11 Å². The van der Waals surface area contributed by atoms with E-state index in [1.54, 1.807) is 0 Å². The van der Waals surface area contributed by atoms with Crippen LogP contribution in [0.25, 0.3) is 11.3 Å². The van der Waals surface area contributed by atoms with Gasteiger partial charge in [-0.3, -0.25) is 10.00 Å². The molecule has 2 aliphatic rings. The lowest BCUT2D eigenvalue weighted by Crippen LogP contribution is -2.39. The van der Waals surface area contributed by atoms with E-state index in [4.69, 9.17) is 11.6 Å². The van der Waals surface area contributed by atoms with Crippen LogP contribution in [0.3, 0.4) is 0 Å². The summed E-state index contributed by atoms with van der Waals surface area (Å²) < 4.78 is 0. The van der Waals surface area contributed by atoms with E-state index in [9.17, 15) is 5.11 Å². The molecule has 1 aliphatic carbocycles. The van der Waals surface area contributed by atoms with E-state index in [-0.39, 0.29) is 6.10 Å². The van der Waals surface area contributed by atoms with Gasteiger partial charge in [0.2, 0.25) is 0 Å². The van der Waals surface area contributed by atoms with E-state index in [2.05, 4.69) is 15.1 Å². The van der Waals surface area contributed by atoms with Gasteiger partial charge in [0, 0.05) is 36.1 Å². The SMILES string of the molecule is O[C@H]1C[C@@H]2CN(Cc3cn[nH]c3-c3ccc(Cl)cc3)C[C@@H]21. The minimum Gasteiger partial charge on any atom is -0.393 e. The number of fused-ring (bicyclic) bond motifs is 1. The zero-order chi connectivity index (χ0) is 14.4. The number of likely N-dealkylation sites (tertiary alicyclic amines) is 1. The first-order valence-electron chi connectivity index (χ1n) is 7.39. The Hall–Kier alpha value is -1.36. The summed E-state index contributed by atoms with van der Waals surface area (Å²) in [4.78, 5) is 2.43. The van der Waals surface area contributed by atoms with Crippen molar-refractivity contribution in [3.8, 4) is 11.3 Å². The number of hydrogen-bond donors (Lipinski definition) is 2. The summed E-state index contributed by atoms with van der Waals surface area (Å²) >= 11 is 5.95. The van der Waals surface area contributed by atoms with Crippen LogP contribution in [0.15, 0.2) is 30.5 Å². The van der Waals surface area contributed by atoms with Crippen LogP contribution in [0, 0.1) is 11.8 Å². The molecule has 4 rings (SSSR count). The predicted molar refractivity (Wildman–Crippen MR) is 81.9 cm³/mol. The zero-order valence-electron chi connectivity index (χ0n) is 11.7. The third-order valence-corrected chi connectivity index (χ3v) is 5.10. The van der Waals surface area contributed by atoms with Crippen LogP contribution in [0.4, 0.5) is 0 Å². The fourth-order valence-electron chi connectivity index (χ4n) is 3.63. The molecule has 110 valence electrons. The van der Waals surface area contributed by atoms with E-state index in [0.717, 1.165) is 42.3 Å². The lowest BCUT2D eigenvalue weighted by molar-refractivity contribution is -0.00435. The number of nitrogens with one attached hydrogen (secondary N) is 1. The van der Waals surface area contributed by atoms with Crippen LogP contribution < -0.4 is 0 Å². The highest BCUT2D eigenvalue weighted by Crippen LogP contribution is 2.41. The summed E-state index contributed by atoms with van der Waals surface area (Å²) in [6.45, 7) is 2.97. The molecule has 2 aromatic rings. The van der Waals surface area contributed by atoms with Crippen molar-refractivity contribution in [2.45, 2.75) is 19.1 Å². The largest absolute Gasteiger partial charge is 0.393 e. The maximum absolute atomic E-state index is 9.76. The Bertz CT molecular complexity index is 639. The number of rotatable bonds is 3. The van der Waals surface area contributed by atoms with Crippen molar-refractivity contribution in [1.82, 2.24) is 15.1 Å². The summed E-state index contributed by atoms with van der Waals surface area (Å²) in [5.41, 5.74) is 3.37. The normalized spacial score (nSPS) is 28.4. The van der Waals surface area contributed by atoms with Crippen molar-refractivity contribution in [2.75, 3.05) is 13.1 Å². The summed E-state index contributed by atoms with van der Waals surface area (Å²) in [6.07, 6.45) is 2.79. The molecule has 4 nitrogen and oxygen atoms in total. The maximum Gasteiger partial charge on any atom is 0.0695 e. The molecular formula is C16H18ClN3O. The van der Waals surface area contributed by atoms with E-state index >= 15 is 0 Å². The monoisotopic (exact) mass is 303 g/mol. The van der Waals surface area contributed by atoms with Crippen LogP contribution in [-0.2, 0) is 6.54 Å². The number of aromatic amines is 1. The average Bonchev–Trinajstić information content (AvgIpc) is 3.05. The Morgan fingerprint density at radius 1 is 1.29 bits per heavy atom. The van der Waals surface area contributed by atoms with Crippen LogP contribution >= 0.6 is 11.6 Å². The Kier molecular flexibility index (Phi) is 3.25. The molecule has 0 spiro atoms. The molecule has 21 heavy (non-hydrogen) atoms. The number of halogens is 1. The molecule has 0 unspecified atom stereocenters. The van der Waals surface area contributed by atoms with Gasteiger partial charge < -0.3 is 5.11 Å². The quantitative estimate of drug-likeness (QED) is 0.916. The number of benzene rings is 1. The van der Waals surface area contributed by atoms with Crippen LogP contribution in [0.2, 0.25) is 5.02 Å². The molecule has 1 aliphatic heterocycles. The molecule has 0 amide bonds. The molecule has 1 aromatic heterocycles. The Labute approximate surface area is 128 Å². The molecular weight excluding hydrogens is 286 g/mol. The second-order valence-corrected chi connectivity index (χ2v) is 6.63. The fraction of sp³-hybridized carbons (Fsp3) is 0.438. The highest BCUT2D eigenvalue weighted by molar-refractivity contribution is 6.30. The second-order valence-electron chi connectivity index (χ2n) is 6.20. The molecule has 1 saturated heterocycles. The first-order valence-corrected chi connectivity index (χ1v) is 7.77. The zero-order valence-corrected chi connectivity index (χ0v) is 12.4. The molecule has 0 radical (unpaired) electrons. The van der Waals surface area contributed by atoms with Gasteiger partial charge in [-0.05, 0) is 30.0 Å². The molecule has 1 saturated carbocycles. The van der Waals surface area contributed by atoms with Crippen molar-refractivity contribution in [1.29, 1.82) is 0 Å². The van der Waals surface area contributed by atoms with Gasteiger partial charge in [-0.15, -0.1) is 0 Å². The number of aliphatic hydroxyl groups excluding tert-OH is 1. The first kappa shape index (κ1) is 13.3. The van der Waals surface area contributed by atoms with Gasteiger partial charge in [0.05, 0.1) is 18.0 Å². The third kappa shape index (κ3) is 2.37. The average molecular weight is 304 g/mol. The fourth-order valence-corrected chi connectivity index (χ4v) is 3.76. The summed E-state index contributed by atoms with van der Waals surface area (Å²) in [5, 5.41) is 17.8. The van der Waals surface area contributed by atoms with Gasteiger partial charge in [-0.1, -0.05) is 23.7 Å². The highest BCUT2D eigenvalue weighted by atomic mass is 35.5. The Balaban J connectivity index is 1.52. The minimum absolute atomic E-state index is 0.0833. The molecule has 2 N–H and O–H groups in total. The van der Waals surface area contributed by atoms with Crippen LogP contribution in [0.5, 0.6) is 0 Å². The van der Waals surface area contributed by atoms with Crippen molar-refractivity contribution in [3.63, 3.8) is 0 Å². The van der Waals surface area contributed by atoms with Crippen molar-refractivity contribution >= 4 is 11.6 Å². The van der Waals surface area contributed by atoms with Gasteiger partial charge in [0.25, 0.3) is 0 Å². The smallest absolute Gasteiger partial charge is 0.0695 e. The van der Waals surface area contributed by atoms with Crippen LogP contribution in [0.1, 0.15) is 12.0 Å². The summed E-state index contributed by atoms with van der Waals surface area (Å²) in [5.74, 6) is 1.17. The van der Waals surface area contributed by atoms with E-state index in [1.807, 2.05) is 30.5 Å². The molecule has 1 aromatic carbocycles. The van der Waals surface area contributed by atoms with E-state index in [0.29, 0.717) is 11.8 Å². The second kappa shape index (κ2) is 5.13. The molecule has 2 heterocycles. The first-order chi connectivity index (χ1) is 10.2. The number of aliphatic hydroxyl groups is 1. The van der Waals surface area contributed by atoms with E-state index in [1.165, 1.54) is 5.56 Å². The molecule has 3 atom stereocenters. The third-order valence-electron chi connectivity index (χ3n) is 4.85. The standard InChI is InChI=1S/C16H18ClN3O/c17-13-3-1-10(2-4-13)16-12(6-18-19-16)8-20-7-11-5-15(21)14(11)9-20/h1-4,6,11,14-15,21H,5,7-9H2,(H,18,19)/t11-,14+,15+/m1/s1. The maximum atomic E-state index is 9.76. The highest BCUT2D eigenvalue weighted by Gasteiger charge is 2.46. The van der Waals surface area contributed by atoms with Crippen molar-refractivity contribution in [3.05, 3.63) is 41.0 Å². The van der Waals surface area contributed by atoms with Gasteiger partial charge >= 0.3 is 0 Å². The van der Waals surface area contributed by atoms with Crippen molar-refractivity contribution in [2.24, 2.45) is 11.8 Å². The van der Waals surface area contributed by atoms with Gasteiger partial charge in [-0.25, -0.2) is 0 Å². The predicted octanol–water partition coefficient (Wildman–Crippen LogP) is 2.54. The number of H-pyrrole nitrogens is 1. The van der Waals surface area contributed by atoms with Crippen LogP contribution in [-0.4, -0.2) is 39.4 Å². The molecule has 5 heteroatoms. The molecule has 2 fully saturated rings. The van der Waals surface area contributed by atoms with Gasteiger partial charge in [0.15, 0.2) is 0 Å². The minimum atomic E-state index is -0.0833. The summed E-state index contributed by atoms with van der Waals surface area (Å²) in [6, 6.07) is 7.81. The van der Waals surface area contributed by atoms with Gasteiger partial charge in [-0.2, -0.15) is 5.10 Å². The topological polar surface area (TPSA) is 52.1 Å². The molecule has 0 bridgehead atoms. The Morgan fingerprint density at radius 2 is 2.10 bits per heavy atom. The lowest BCUT2D eigenvalue weighted by atomic mass is 9.74. The number of nitrogens with zero attached hydrogens (tertiary/aromatic N) is 2. The number of aromatic nitrogens is 2. The lowest BCUT2D eigenvalue weighted by Gasteiger charge is -2.35. The number of hydrogen-bond acceptors (Lipinski definition) is 3. The summed E-state index contributed by atoms with van der Waals surface area (Å²) in [7, 11) is 0. The van der Waals surface area contributed by atoms with E-state index < -0.39 is 0 Å².